The van der Waals surface area contributed by atoms with E-state index in [1.807, 2.05) is 0 Å². The van der Waals surface area contributed by atoms with Crippen molar-refractivity contribution in [3.63, 3.8) is 0 Å². The van der Waals surface area contributed by atoms with Gasteiger partial charge in [-0.25, -0.2) is 18.1 Å². The highest BCUT2D eigenvalue weighted by Crippen LogP contribution is 2.26. The second-order valence-electron chi connectivity index (χ2n) is 6.74. The van der Waals surface area contributed by atoms with Gasteiger partial charge in [-0.15, -0.1) is 0 Å². The molecule has 0 spiro atoms. The van der Waals surface area contributed by atoms with Crippen molar-refractivity contribution in [1.82, 2.24) is 9.71 Å². The lowest BCUT2D eigenvalue weighted by molar-refractivity contribution is 0.102. The second kappa shape index (κ2) is 8.24. The molecule has 0 saturated heterocycles. The summed E-state index contributed by atoms with van der Waals surface area (Å²) in [4.78, 5) is 16.5. The number of sulfonamides is 1. The van der Waals surface area contributed by atoms with E-state index in [4.69, 9.17) is 16.3 Å². The van der Waals surface area contributed by atoms with E-state index in [-0.39, 0.29) is 21.4 Å². The Labute approximate surface area is 164 Å². The monoisotopic (exact) mass is 411 g/mol. The maximum atomic E-state index is 12.6. The number of carbonyl (C=O) groups is 1. The summed E-state index contributed by atoms with van der Waals surface area (Å²) < 4.78 is 33.1. The van der Waals surface area contributed by atoms with E-state index in [2.05, 4.69) is 15.0 Å². The summed E-state index contributed by atoms with van der Waals surface area (Å²) in [7, 11) is -3.89. The van der Waals surface area contributed by atoms with Crippen LogP contribution < -0.4 is 14.8 Å². The number of nitrogens with one attached hydrogen (secondary N) is 2. The number of aromatic nitrogens is 1. The van der Waals surface area contributed by atoms with Crippen molar-refractivity contribution in [3.05, 3.63) is 47.1 Å². The van der Waals surface area contributed by atoms with E-state index in [0.717, 1.165) is 0 Å². The molecule has 0 fully saturated rings. The smallest absolute Gasteiger partial charge is 0.255 e. The molecule has 27 heavy (non-hydrogen) atoms. The molecule has 9 heteroatoms. The SMILES string of the molecule is CCOc1ncccc1NC(=O)c1ccc(Cl)c(S(=O)(=O)NC(C)(C)C)c1. The van der Waals surface area contributed by atoms with Gasteiger partial charge in [0.2, 0.25) is 15.9 Å². The molecule has 1 aromatic carbocycles. The van der Waals surface area contributed by atoms with Crippen LogP contribution in [0.3, 0.4) is 0 Å². The van der Waals surface area contributed by atoms with Crippen LogP contribution in [0.1, 0.15) is 38.1 Å². The zero-order chi connectivity index (χ0) is 20.2. The third-order valence-corrected chi connectivity index (χ3v) is 5.46. The molecule has 2 rings (SSSR count). The minimum atomic E-state index is -3.89. The van der Waals surface area contributed by atoms with Crippen LogP contribution in [0.15, 0.2) is 41.4 Å². The number of ether oxygens (including phenoxy) is 1. The zero-order valence-electron chi connectivity index (χ0n) is 15.5. The third-order valence-electron chi connectivity index (χ3n) is 3.22. The number of nitrogens with zero attached hydrogens (tertiary/aromatic N) is 1. The number of pyridine rings is 1. The molecule has 0 unspecified atom stereocenters. The first-order valence-corrected chi connectivity index (χ1v) is 10.1. The van der Waals surface area contributed by atoms with Crippen molar-refractivity contribution in [2.24, 2.45) is 0 Å². The average molecular weight is 412 g/mol. The molecule has 1 aromatic heterocycles. The van der Waals surface area contributed by atoms with Crippen molar-refractivity contribution >= 4 is 33.2 Å². The van der Waals surface area contributed by atoms with Gasteiger partial charge in [0.1, 0.15) is 10.6 Å². The van der Waals surface area contributed by atoms with Gasteiger partial charge in [0.15, 0.2) is 0 Å². The largest absolute Gasteiger partial charge is 0.476 e. The fourth-order valence-corrected chi connectivity index (χ4v) is 4.19. The van der Waals surface area contributed by atoms with Gasteiger partial charge in [-0.1, -0.05) is 11.6 Å². The second-order valence-corrected chi connectivity index (χ2v) is 8.80. The highest BCUT2D eigenvalue weighted by molar-refractivity contribution is 7.89. The molecule has 0 aliphatic rings. The maximum absolute atomic E-state index is 12.6. The molecule has 0 aliphatic heterocycles. The standard InChI is InChI=1S/C18H22ClN3O4S/c1-5-26-17-14(7-6-10-20-17)21-16(23)12-8-9-13(19)15(11-12)27(24,25)22-18(2,3)4/h6-11,22H,5H2,1-4H3,(H,21,23). The van der Waals surface area contributed by atoms with E-state index in [0.29, 0.717) is 12.3 Å². The lowest BCUT2D eigenvalue weighted by Gasteiger charge is -2.21. The molecule has 2 aromatic rings. The molecular formula is C18H22ClN3O4S. The Morgan fingerprint density at radius 1 is 1.26 bits per heavy atom. The number of hydrogen-bond donors (Lipinski definition) is 2. The molecule has 0 bridgehead atoms. The van der Waals surface area contributed by atoms with Crippen LogP contribution in [-0.2, 0) is 10.0 Å². The Kier molecular flexibility index (Phi) is 6.46. The van der Waals surface area contributed by atoms with E-state index in [9.17, 15) is 13.2 Å². The summed E-state index contributed by atoms with van der Waals surface area (Å²) in [5.74, 6) is -0.225. The van der Waals surface area contributed by atoms with Gasteiger partial charge in [0, 0.05) is 17.3 Å². The Morgan fingerprint density at radius 2 is 1.96 bits per heavy atom. The summed E-state index contributed by atoms with van der Waals surface area (Å²) in [6, 6.07) is 7.36. The first-order chi connectivity index (χ1) is 12.5. The fourth-order valence-electron chi connectivity index (χ4n) is 2.24. The lowest BCUT2D eigenvalue weighted by atomic mass is 10.1. The summed E-state index contributed by atoms with van der Waals surface area (Å²) in [6.07, 6.45) is 1.55. The summed E-state index contributed by atoms with van der Waals surface area (Å²) >= 11 is 6.06. The first kappa shape index (κ1) is 21.1. The molecule has 0 aliphatic carbocycles. The number of benzene rings is 1. The Balaban J connectivity index is 2.34. The predicted molar refractivity (Wildman–Crippen MR) is 105 cm³/mol. The average Bonchev–Trinajstić information content (AvgIpc) is 2.55. The van der Waals surface area contributed by atoms with Crippen LogP contribution in [0.5, 0.6) is 5.88 Å². The van der Waals surface area contributed by atoms with Crippen molar-refractivity contribution in [1.29, 1.82) is 0 Å². The van der Waals surface area contributed by atoms with Crippen LogP contribution in [-0.4, -0.2) is 31.5 Å². The Morgan fingerprint density at radius 3 is 2.59 bits per heavy atom. The van der Waals surface area contributed by atoms with E-state index in [1.165, 1.54) is 18.2 Å². The van der Waals surface area contributed by atoms with Crippen molar-refractivity contribution < 1.29 is 17.9 Å². The number of halogens is 1. The predicted octanol–water partition coefficient (Wildman–Crippen LogP) is 3.46. The van der Waals surface area contributed by atoms with Crippen LogP contribution in [0.25, 0.3) is 0 Å². The Bertz CT molecular complexity index is 940. The van der Waals surface area contributed by atoms with E-state index < -0.39 is 21.5 Å². The third kappa shape index (κ3) is 5.66. The van der Waals surface area contributed by atoms with Gasteiger partial charge in [-0.2, -0.15) is 0 Å². The van der Waals surface area contributed by atoms with Gasteiger partial charge >= 0.3 is 0 Å². The lowest BCUT2D eigenvalue weighted by Crippen LogP contribution is -2.40. The maximum Gasteiger partial charge on any atom is 0.255 e. The van der Waals surface area contributed by atoms with Crippen molar-refractivity contribution in [2.75, 3.05) is 11.9 Å². The van der Waals surface area contributed by atoms with Crippen molar-refractivity contribution in [2.45, 2.75) is 38.1 Å². The summed E-state index contributed by atoms with van der Waals surface area (Å²) in [5, 5.41) is 2.70. The molecular weight excluding hydrogens is 390 g/mol. The number of amides is 1. The van der Waals surface area contributed by atoms with Gasteiger partial charge in [0.25, 0.3) is 5.91 Å². The fraction of sp³-hybridized carbons (Fsp3) is 0.333. The molecule has 1 heterocycles. The highest BCUT2D eigenvalue weighted by atomic mass is 35.5. The topological polar surface area (TPSA) is 97.4 Å². The van der Waals surface area contributed by atoms with Gasteiger partial charge in [-0.05, 0) is 58.0 Å². The summed E-state index contributed by atoms with van der Waals surface area (Å²) in [6.45, 7) is 7.34. The molecule has 0 saturated carbocycles. The zero-order valence-corrected chi connectivity index (χ0v) is 17.1. The normalized spacial score (nSPS) is 11.9. The molecule has 0 atom stereocenters. The molecule has 7 nitrogen and oxygen atoms in total. The summed E-state index contributed by atoms with van der Waals surface area (Å²) in [5.41, 5.74) is -0.167. The molecule has 146 valence electrons. The van der Waals surface area contributed by atoms with Gasteiger partial charge < -0.3 is 10.1 Å². The molecule has 1 amide bonds. The minimum Gasteiger partial charge on any atom is -0.476 e. The van der Waals surface area contributed by atoms with Crippen LogP contribution in [0.2, 0.25) is 5.02 Å². The van der Waals surface area contributed by atoms with Crippen molar-refractivity contribution in [3.8, 4) is 5.88 Å². The molecule has 0 radical (unpaired) electrons. The minimum absolute atomic E-state index is 0.0275. The number of carbonyl (C=O) groups excluding carboxylic acids is 1. The van der Waals surface area contributed by atoms with E-state index >= 15 is 0 Å². The Hall–Kier alpha value is -2.16. The van der Waals surface area contributed by atoms with Crippen LogP contribution in [0.4, 0.5) is 5.69 Å². The van der Waals surface area contributed by atoms with Crippen LogP contribution in [0, 0.1) is 0 Å². The highest BCUT2D eigenvalue weighted by Gasteiger charge is 2.25. The number of rotatable bonds is 6. The van der Waals surface area contributed by atoms with E-state index in [1.54, 1.807) is 46.0 Å². The number of hydrogen-bond acceptors (Lipinski definition) is 5. The first-order valence-electron chi connectivity index (χ1n) is 8.26. The quantitative estimate of drug-likeness (QED) is 0.758. The molecule has 2 N–H and O–H groups in total. The van der Waals surface area contributed by atoms with Crippen LogP contribution >= 0.6 is 11.6 Å². The van der Waals surface area contributed by atoms with Gasteiger partial charge in [0.05, 0.1) is 11.6 Å². The van der Waals surface area contributed by atoms with Gasteiger partial charge in [-0.3, -0.25) is 4.79 Å². The number of anilines is 1.